The highest BCUT2D eigenvalue weighted by Gasteiger charge is 2.08. The fourth-order valence-electron chi connectivity index (χ4n) is 1.23. The zero-order chi connectivity index (χ0) is 9.10. The highest BCUT2D eigenvalue weighted by Crippen LogP contribution is 2.20. The van der Waals surface area contributed by atoms with Gasteiger partial charge in [0.2, 0.25) is 0 Å². The molecule has 0 unspecified atom stereocenters. The van der Waals surface area contributed by atoms with Crippen LogP contribution >= 0.6 is 0 Å². The zero-order valence-electron chi connectivity index (χ0n) is 7.49. The van der Waals surface area contributed by atoms with E-state index in [1.165, 1.54) is 0 Å². The molecule has 0 aliphatic heterocycles. The van der Waals surface area contributed by atoms with Crippen LogP contribution in [0.4, 0.5) is 0 Å². The third kappa shape index (κ3) is 1.61. The van der Waals surface area contributed by atoms with Gasteiger partial charge in [0.15, 0.2) is 6.61 Å². The second kappa shape index (κ2) is 3.44. The summed E-state index contributed by atoms with van der Waals surface area (Å²) in [6.07, 6.45) is 0. The molecule has 0 aliphatic rings. The maximum atomic E-state index is 5.48. The first kappa shape index (κ1) is 8.05. The number of fused-ring (bicyclic) bond motifs is 1. The van der Waals surface area contributed by atoms with E-state index < -0.39 is 0 Å². The van der Waals surface area contributed by atoms with Crippen molar-refractivity contribution in [3.05, 3.63) is 36.4 Å². The molecule has 0 atom stereocenters. The fraction of sp³-hybridized carbons (Fsp3) is 0.182. The summed E-state index contributed by atoms with van der Waals surface area (Å²) < 4.78 is 10.7. The second-order valence-electron chi connectivity index (χ2n) is 2.73. The maximum absolute atomic E-state index is 5.48. The predicted molar refractivity (Wildman–Crippen MR) is 51.8 cm³/mol. The maximum Gasteiger partial charge on any atom is 0.518 e. The molecule has 0 spiro atoms. The molecule has 1 aromatic heterocycles. The highest BCUT2D eigenvalue weighted by molar-refractivity contribution is 5.76. The molecule has 66 valence electrons. The lowest BCUT2D eigenvalue weighted by molar-refractivity contribution is 0.261. The third-order valence-corrected chi connectivity index (χ3v) is 1.82. The van der Waals surface area contributed by atoms with Crippen molar-refractivity contribution >= 4 is 11.0 Å². The third-order valence-electron chi connectivity index (χ3n) is 1.82. The Morgan fingerprint density at radius 2 is 2.00 bits per heavy atom. The molecule has 0 radical (unpaired) electrons. The number of benzene rings is 1. The van der Waals surface area contributed by atoms with Crippen LogP contribution in [0.15, 0.2) is 40.8 Å². The van der Waals surface area contributed by atoms with Gasteiger partial charge in [-0.2, -0.15) is 0 Å². The van der Waals surface area contributed by atoms with E-state index in [2.05, 4.69) is 0 Å². The van der Waals surface area contributed by atoms with Crippen LogP contribution in [0.25, 0.3) is 11.0 Å². The Balaban J connectivity index is 2.49. The first-order chi connectivity index (χ1) is 6.40. The van der Waals surface area contributed by atoms with Crippen LogP contribution in [0.3, 0.4) is 0 Å². The van der Waals surface area contributed by atoms with E-state index in [-0.39, 0.29) is 0 Å². The Morgan fingerprint density at radius 1 is 1.15 bits per heavy atom. The van der Waals surface area contributed by atoms with Crippen molar-refractivity contribution < 1.29 is 9.15 Å². The van der Waals surface area contributed by atoms with Gasteiger partial charge in [-0.1, -0.05) is 12.1 Å². The van der Waals surface area contributed by atoms with Gasteiger partial charge in [0.05, 0.1) is 6.07 Å². The largest absolute Gasteiger partial charge is 0.518 e. The summed E-state index contributed by atoms with van der Waals surface area (Å²) >= 11 is 0. The van der Waals surface area contributed by atoms with Gasteiger partial charge in [0.25, 0.3) is 5.58 Å². The number of hydrogen-bond donors (Lipinski definition) is 0. The molecule has 2 rings (SSSR count). The first-order valence-corrected chi connectivity index (χ1v) is 4.35. The van der Waals surface area contributed by atoms with Crippen molar-refractivity contribution in [1.29, 1.82) is 0 Å². The van der Waals surface area contributed by atoms with Gasteiger partial charge in [0.1, 0.15) is 0 Å². The summed E-state index contributed by atoms with van der Waals surface area (Å²) in [5.41, 5.74) is 0.855. The molecule has 0 N–H and O–H groups in total. The molecule has 0 fully saturated rings. The van der Waals surface area contributed by atoms with Crippen LogP contribution in [0, 0.1) is 0 Å². The van der Waals surface area contributed by atoms with Gasteiger partial charge in [-0.15, -0.1) is 0 Å². The Morgan fingerprint density at radius 3 is 2.85 bits per heavy atom. The van der Waals surface area contributed by atoms with Crippen LogP contribution in [0.5, 0.6) is 5.95 Å². The topological polar surface area (TPSA) is 20.5 Å². The second-order valence-corrected chi connectivity index (χ2v) is 2.73. The molecule has 0 amide bonds. The summed E-state index contributed by atoms with van der Waals surface area (Å²) in [7, 11) is 0. The number of ether oxygens (including phenoxy) is 1. The molecule has 0 saturated carbocycles. The van der Waals surface area contributed by atoms with Crippen molar-refractivity contribution in [2.75, 3.05) is 6.61 Å². The molecule has 2 heteroatoms. The van der Waals surface area contributed by atoms with Crippen molar-refractivity contribution in [3.63, 3.8) is 0 Å². The van der Waals surface area contributed by atoms with E-state index in [9.17, 15) is 0 Å². The molecule has 2 aromatic rings. The summed E-state index contributed by atoms with van der Waals surface area (Å²) in [5.74, 6) is 0.571. The van der Waals surface area contributed by atoms with Crippen molar-refractivity contribution in [3.8, 4) is 5.95 Å². The van der Waals surface area contributed by atoms with Crippen molar-refractivity contribution in [2.45, 2.75) is 6.92 Å². The van der Waals surface area contributed by atoms with Crippen LogP contribution in [0.1, 0.15) is 6.92 Å². The van der Waals surface area contributed by atoms with Gasteiger partial charge >= 0.3 is 5.95 Å². The van der Waals surface area contributed by atoms with E-state index in [4.69, 9.17) is 9.15 Å². The molecule has 1 heterocycles. The van der Waals surface area contributed by atoms with Crippen LogP contribution < -0.4 is 4.74 Å². The summed E-state index contributed by atoms with van der Waals surface area (Å²) in [6.45, 7) is 2.56. The standard InChI is InChI=1S/C11H11O2/c1-2-12-11-8-7-9-5-3-4-6-10(9)13-11/h3-8H,2H2,1H3/q+1. The molecule has 13 heavy (non-hydrogen) atoms. The average Bonchev–Trinajstić information content (AvgIpc) is 2.18. The van der Waals surface area contributed by atoms with Gasteiger partial charge in [-0.25, -0.2) is 0 Å². The summed E-state index contributed by atoms with van der Waals surface area (Å²) in [6, 6.07) is 11.7. The minimum Gasteiger partial charge on any atom is -0.318 e. The molecule has 0 saturated heterocycles. The highest BCUT2D eigenvalue weighted by atomic mass is 16.6. The molecule has 1 aromatic carbocycles. The van der Waals surface area contributed by atoms with Crippen molar-refractivity contribution in [1.82, 2.24) is 0 Å². The monoisotopic (exact) mass is 175 g/mol. The molecule has 2 nitrogen and oxygen atoms in total. The number of para-hydroxylation sites is 1. The minimum atomic E-state index is 0.571. The Kier molecular flexibility index (Phi) is 2.13. The predicted octanol–water partition coefficient (Wildman–Crippen LogP) is 3.11. The number of hydrogen-bond acceptors (Lipinski definition) is 1. The van der Waals surface area contributed by atoms with Crippen LogP contribution in [0.2, 0.25) is 0 Å². The fourth-order valence-corrected chi connectivity index (χ4v) is 1.23. The van der Waals surface area contributed by atoms with Crippen LogP contribution in [-0.4, -0.2) is 6.61 Å². The molecule has 0 aliphatic carbocycles. The van der Waals surface area contributed by atoms with Gasteiger partial charge in [0, 0.05) is 11.5 Å². The quantitative estimate of drug-likeness (QED) is 0.653. The van der Waals surface area contributed by atoms with Gasteiger partial charge in [-0.05, 0) is 19.1 Å². The van der Waals surface area contributed by atoms with E-state index in [0.717, 1.165) is 11.0 Å². The summed E-state index contributed by atoms with van der Waals surface area (Å²) in [5, 5.41) is 1.09. The number of rotatable bonds is 2. The van der Waals surface area contributed by atoms with E-state index in [1.54, 1.807) is 0 Å². The van der Waals surface area contributed by atoms with E-state index in [1.807, 2.05) is 43.3 Å². The Hall–Kier alpha value is -1.57. The molecule has 0 bridgehead atoms. The minimum absolute atomic E-state index is 0.571. The SMILES string of the molecule is CCOc1ccc2ccccc2[o+]1. The van der Waals surface area contributed by atoms with Crippen molar-refractivity contribution in [2.24, 2.45) is 0 Å². The summed E-state index contributed by atoms with van der Waals surface area (Å²) in [4.78, 5) is 0. The Bertz CT molecular complexity index is 410. The first-order valence-electron chi connectivity index (χ1n) is 4.35. The zero-order valence-corrected chi connectivity index (χ0v) is 7.49. The lowest BCUT2D eigenvalue weighted by Crippen LogP contribution is -1.90. The van der Waals surface area contributed by atoms with Gasteiger partial charge < -0.3 is 4.74 Å². The normalized spacial score (nSPS) is 10.2. The van der Waals surface area contributed by atoms with Gasteiger partial charge in [-0.3, -0.25) is 4.42 Å². The lowest BCUT2D eigenvalue weighted by atomic mass is 10.2. The lowest BCUT2D eigenvalue weighted by Gasteiger charge is -1.91. The molecular weight excluding hydrogens is 164 g/mol. The molecular formula is C11H11O2+. The van der Waals surface area contributed by atoms with Crippen LogP contribution in [-0.2, 0) is 0 Å². The van der Waals surface area contributed by atoms with E-state index >= 15 is 0 Å². The van der Waals surface area contributed by atoms with E-state index in [0.29, 0.717) is 12.6 Å². The smallest absolute Gasteiger partial charge is 0.318 e. The average molecular weight is 175 g/mol. The Labute approximate surface area is 76.8 Å².